The van der Waals surface area contributed by atoms with E-state index in [2.05, 4.69) is 0 Å². The maximum Gasteiger partial charge on any atom is 0.271 e. The van der Waals surface area contributed by atoms with Gasteiger partial charge in [-0.05, 0) is 63.3 Å². The van der Waals surface area contributed by atoms with Gasteiger partial charge in [-0.1, -0.05) is 11.6 Å². The van der Waals surface area contributed by atoms with Gasteiger partial charge in [-0.2, -0.15) is 0 Å². The van der Waals surface area contributed by atoms with Crippen LogP contribution >= 0.6 is 11.6 Å². The normalized spacial score (nSPS) is 18.6. The monoisotopic (exact) mass is 391 g/mol. The van der Waals surface area contributed by atoms with Crippen molar-refractivity contribution in [3.63, 3.8) is 0 Å². The lowest BCUT2D eigenvalue weighted by Gasteiger charge is -2.37. The van der Waals surface area contributed by atoms with Gasteiger partial charge in [0.1, 0.15) is 29.5 Å². The summed E-state index contributed by atoms with van der Waals surface area (Å²) in [6.07, 6.45) is 1.48. The minimum Gasteiger partial charge on any atom is -0.507 e. The van der Waals surface area contributed by atoms with Gasteiger partial charge in [0.05, 0.1) is 9.95 Å². The van der Waals surface area contributed by atoms with Crippen LogP contribution in [0, 0.1) is 30.9 Å². The number of halogens is 1. The average Bonchev–Trinajstić information content (AvgIpc) is 2.63. The summed E-state index contributed by atoms with van der Waals surface area (Å²) >= 11 is 6.10. The van der Waals surface area contributed by atoms with Crippen molar-refractivity contribution in [3.05, 3.63) is 55.6 Å². The van der Waals surface area contributed by atoms with E-state index in [1.54, 1.807) is 0 Å². The Morgan fingerprint density at radius 1 is 1.30 bits per heavy atom. The van der Waals surface area contributed by atoms with Gasteiger partial charge in [-0.25, -0.2) is 0 Å². The molecule has 0 aliphatic carbocycles. The summed E-state index contributed by atoms with van der Waals surface area (Å²) in [5.74, 6) is 1.51. The number of nitro benzene ring substituents is 1. The summed E-state index contributed by atoms with van der Waals surface area (Å²) in [6, 6.07) is 4.13. The van der Waals surface area contributed by atoms with E-state index in [-0.39, 0.29) is 17.3 Å². The molecule has 1 aliphatic rings. The second-order valence-electron chi connectivity index (χ2n) is 7.24. The highest BCUT2D eigenvalue weighted by atomic mass is 35.5. The number of aromatic hydroxyl groups is 1. The van der Waals surface area contributed by atoms with Crippen LogP contribution < -0.4 is 9.47 Å². The average molecular weight is 392 g/mol. The first kappa shape index (κ1) is 19.3. The molecule has 3 rings (SSSR count). The van der Waals surface area contributed by atoms with Crippen molar-refractivity contribution in [1.29, 1.82) is 0 Å². The number of nitro groups is 1. The molecule has 0 bridgehead atoms. The lowest BCUT2D eigenvalue weighted by Crippen LogP contribution is -2.42. The summed E-state index contributed by atoms with van der Waals surface area (Å²) in [4.78, 5) is 10.3. The Labute approximate surface area is 162 Å². The number of nitrogens with zero attached hydrogens (tertiary/aromatic N) is 1. The van der Waals surface area contributed by atoms with Crippen LogP contribution in [0.2, 0.25) is 5.02 Å². The predicted octanol–water partition coefficient (Wildman–Crippen LogP) is 5.04. The van der Waals surface area contributed by atoms with E-state index in [4.69, 9.17) is 21.1 Å². The third-order valence-corrected chi connectivity index (χ3v) is 5.55. The zero-order valence-corrected chi connectivity index (χ0v) is 16.5. The fraction of sp³-hybridized carbons (Fsp3) is 0.400. The van der Waals surface area contributed by atoms with Crippen molar-refractivity contribution >= 4 is 17.3 Å². The predicted molar refractivity (Wildman–Crippen MR) is 103 cm³/mol. The molecule has 1 atom stereocenters. The fourth-order valence-electron chi connectivity index (χ4n) is 3.35. The van der Waals surface area contributed by atoms with Crippen molar-refractivity contribution in [3.8, 4) is 17.2 Å². The minimum atomic E-state index is -0.571. The summed E-state index contributed by atoms with van der Waals surface area (Å²) in [5.41, 5.74) is 2.97. The fourth-order valence-corrected chi connectivity index (χ4v) is 3.58. The number of ether oxygens (including phenoxy) is 2. The smallest absolute Gasteiger partial charge is 0.271 e. The lowest BCUT2D eigenvalue weighted by atomic mass is 9.87. The Kier molecular flexibility index (Phi) is 4.95. The minimum absolute atomic E-state index is 0.0808. The molecule has 0 amide bonds. The number of phenolic OH excluding ortho intramolecular Hbond substituents is 1. The van der Waals surface area contributed by atoms with Crippen LogP contribution in [-0.2, 0) is 6.42 Å². The maximum atomic E-state index is 10.8. The molecule has 1 heterocycles. The van der Waals surface area contributed by atoms with E-state index < -0.39 is 10.5 Å². The number of benzene rings is 2. The van der Waals surface area contributed by atoms with Gasteiger partial charge in [0.25, 0.3) is 5.69 Å². The Balaban J connectivity index is 1.81. The maximum absolute atomic E-state index is 10.8. The van der Waals surface area contributed by atoms with Gasteiger partial charge in [-0.15, -0.1) is 0 Å². The zero-order chi connectivity index (χ0) is 19.9. The van der Waals surface area contributed by atoms with Crippen LogP contribution in [0.4, 0.5) is 5.69 Å². The molecule has 0 fully saturated rings. The second kappa shape index (κ2) is 6.93. The third kappa shape index (κ3) is 3.54. The molecule has 0 aromatic heterocycles. The van der Waals surface area contributed by atoms with Crippen LogP contribution in [0.1, 0.15) is 35.6 Å². The van der Waals surface area contributed by atoms with Gasteiger partial charge < -0.3 is 14.6 Å². The van der Waals surface area contributed by atoms with E-state index in [0.717, 1.165) is 34.4 Å². The number of phenols is 1. The first-order chi connectivity index (χ1) is 12.6. The van der Waals surface area contributed by atoms with Crippen molar-refractivity contribution in [2.75, 3.05) is 6.61 Å². The van der Waals surface area contributed by atoms with Crippen LogP contribution in [0.15, 0.2) is 18.2 Å². The molecule has 144 valence electrons. The van der Waals surface area contributed by atoms with E-state index in [1.165, 1.54) is 18.2 Å². The molecule has 0 radical (unpaired) electrons. The van der Waals surface area contributed by atoms with E-state index in [1.807, 2.05) is 27.7 Å². The molecule has 0 saturated heterocycles. The van der Waals surface area contributed by atoms with Gasteiger partial charge in [0.15, 0.2) is 0 Å². The van der Waals surface area contributed by atoms with Gasteiger partial charge in [0.2, 0.25) is 0 Å². The Bertz CT molecular complexity index is 927. The quantitative estimate of drug-likeness (QED) is 0.583. The van der Waals surface area contributed by atoms with E-state index in [9.17, 15) is 15.2 Å². The number of non-ortho nitro benzene ring substituents is 1. The number of fused-ring (bicyclic) bond motifs is 1. The molecule has 27 heavy (non-hydrogen) atoms. The van der Waals surface area contributed by atoms with Crippen molar-refractivity contribution < 1.29 is 19.5 Å². The Morgan fingerprint density at radius 3 is 2.63 bits per heavy atom. The molecule has 0 spiro atoms. The van der Waals surface area contributed by atoms with Gasteiger partial charge >= 0.3 is 0 Å². The zero-order valence-electron chi connectivity index (χ0n) is 15.8. The molecular formula is C20H22ClNO5. The first-order valence-corrected chi connectivity index (χ1v) is 9.08. The molecule has 0 saturated carbocycles. The van der Waals surface area contributed by atoms with Crippen LogP contribution in [0.25, 0.3) is 0 Å². The summed E-state index contributed by atoms with van der Waals surface area (Å²) < 4.78 is 12.1. The van der Waals surface area contributed by atoms with Crippen LogP contribution in [0.5, 0.6) is 17.2 Å². The second-order valence-corrected chi connectivity index (χ2v) is 7.65. The third-order valence-electron chi connectivity index (χ3n) is 5.25. The molecule has 2 aromatic carbocycles. The van der Waals surface area contributed by atoms with Gasteiger partial charge in [0, 0.05) is 17.7 Å². The molecule has 2 aromatic rings. The van der Waals surface area contributed by atoms with Crippen LogP contribution in [-0.4, -0.2) is 22.2 Å². The summed E-state index contributed by atoms with van der Waals surface area (Å²) in [5, 5.41) is 21.3. The number of hydrogen-bond acceptors (Lipinski definition) is 5. The summed E-state index contributed by atoms with van der Waals surface area (Å²) in [7, 11) is 0. The highest BCUT2D eigenvalue weighted by Gasteiger charge is 2.35. The van der Waals surface area contributed by atoms with Crippen LogP contribution in [0.3, 0.4) is 0 Å². The molecule has 6 nitrogen and oxygen atoms in total. The topological polar surface area (TPSA) is 81.8 Å². The molecule has 1 N–H and O–H groups in total. The highest BCUT2D eigenvalue weighted by Crippen LogP contribution is 2.43. The van der Waals surface area contributed by atoms with Crippen molar-refractivity contribution in [2.45, 2.75) is 46.1 Å². The van der Waals surface area contributed by atoms with Crippen molar-refractivity contribution in [2.24, 2.45) is 0 Å². The largest absolute Gasteiger partial charge is 0.507 e. The summed E-state index contributed by atoms with van der Waals surface area (Å²) in [6.45, 7) is 7.93. The number of hydrogen-bond donors (Lipinski definition) is 1. The van der Waals surface area contributed by atoms with E-state index in [0.29, 0.717) is 17.9 Å². The molecule has 1 aliphatic heterocycles. The lowest BCUT2D eigenvalue weighted by molar-refractivity contribution is -0.384. The Hall–Kier alpha value is -2.47. The first-order valence-electron chi connectivity index (χ1n) is 8.70. The number of rotatable bonds is 4. The molecular weight excluding hydrogens is 370 g/mol. The SMILES string of the molecule is Cc1c(C)c2c(c(C)c1O)CCC(C)(COc1ccc([N+](=O)[O-])cc1Cl)O2. The Morgan fingerprint density at radius 2 is 2.00 bits per heavy atom. The molecule has 7 heteroatoms. The molecule has 1 unspecified atom stereocenters. The highest BCUT2D eigenvalue weighted by molar-refractivity contribution is 6.32. The van der Waals surface area contributed by atoms with E-state index >= 15 is 0 Å². The van der Waals surface area contributed by atoms with Gasteiger partial charge in [-0.3, -0.25) is 10.1 Å². The van der Waals surface area contributed by atoms with Crippen molar-refractivity contribution in [1.82, 2.24) is 0 Å². The standard InChI is InChI=1S/C20H22ClNO5/c1-11-12(2)19-15(13(3)18(11)23)7-8-20(4,27-19)10-26-17-6-5-14(22(24)25)9-16(17)21/h5-6,9,23H,7-8,10H2,1-4H3.